The number of phenols is 2. The quantitative estimate of drug-likeness (QED) is 0.165. The molecular formula is C53H77N9O11. The van der Waals surface area contributed by atoms with E-state index in [1.54, 1.807) is 65.8 Å². The summed E-state index contributed by atoms with van der Waals surface area (Å²) in [6.45, 7) is 16.0. The van der Waals surface area contributed by atoms with E-state index in [9.17, 15) is 53.4 Å². The van der Waals surface area contributed by atoms with Gasteiger partial charge in [0.05, 0.1) is 0 Å². The second-order valence-electron chi connectivity index (χ2n) is 20.7. The Morgan fingerprint density at radius 1 is 0.466 bits per heavy atom. The number of rotatable bonds is 10. The van der Waals surface area contributed by atoms with Gasteiger partial charge in [-0.15, -0.1) is 0 Å². The minimum Gasteiger partial charge on any atom is -0.508 e. The van der Waals surface area contributed by atoms with Crippen molar-refractivity contribution in [1.82, 2.24) is 47.0 Å². The molecule has 20 nitrogen and oxygen atoms in total. The van der Waals surface area contributed by atoms with Gasteiger partial charge in [-0.05, 0) is 91.7 Å². The highest BCUT2D eigenvalue weighted by Gasteiger charge is 2.44. The van der Waals surface area contributed by atoms with Crippen molar-refractivity contribution in [2.24, 2.45) is 23.7 Å². The number of hydrogen-bond donors (Lipinski definition) is 9. The van der Waals surface area contributed by atoms with Crippen molar-refractivity contribution < 1.29 is 53.4 Å². The molecule has 3 saturated heterocycles. The van der Waals surface area contributed by atoms with Gasteiger partial charge in [-0.3, -0.25) is 43.2 Å². The molecule has 0 aliphatic carbocycles. The molecule has 73 heavy (non-hydrogen) atoms. The molecule has 2 aromatic rings. The van der Waals surface area contributed by atoms with Crippen LogP contribution in [0.2, 0.25) is 0 Å². The second kappa shape index (κ2) is 25.8. The molecule has 400 valence electrons. The Balaban J connectivity index is 1.59. The van der Waals surface area contributed by atoms with Crippen LogP contribution in [-0.2, 0) is 56.0 Å². The van der Waals surface area contributed by atoms with Crippen LogP contribution in [0.1, 0.15) is 112 Å². The summed E-state index contributed by atoms with van der Waals surface area (Å²) in [5, 5.41) is 39.8. The highest BCUT2D eigenvalue weighted by molar-refractivity contribution is 5.99. The van der Waals surface area contributed by atoms with Crippen LogP contribution in [0.15, 0.2) is 48.5 Å². The molecule has 0 unspecified atom stereocenters. The lowest BCUT2D eigenvalue weighted by Crippen LogP contribution is -2.62. The maximum absolute atomic E-state index is 14.7. The number of fused-ring (bicyclic) bond motifs is 2. The monoisotopic (exact) mass is 1020 g/mol. The topological polar surface area (TPSA) is 285 Å². The number of nitrogens with zero attached hydrogens (tertiary/aromatic N) is 2. The Bertz CT molecular complexity index is 2300. The fourth-order valence-corrected chi connectivity index (χ4v) is 9.49. The van der Waals surface area contributed by atoms with E-state index in [1.165, 1.54) is 41.0 Å². The SMILES string of the molecule is CC[C@@H](C)[C@@H]1NC(=O)[C@H](C(C)C)NC(=O)[C@H](C)NC(=O)[C@@H]2CCCN2C(=O)[C@H]([C@@H](C)CC)NC(=O)[C@H](C(C)C)NC(=O)[C@H](Cc2ccc(O)cc2)NC(=O)[C@H](Cc2ccc(O)cc2)NC(=O)[C@@H]2CCCN2C1=O. The van der Waals surface area contributed by atoms with Crippen LogP contribution in [0.25, 0.3) is 0 Å². The minimum absolute atomic E-state index is 0.0335. The van der Waals surface area contributed by atoms with Gasteiger partial charge in [0.2, 0.25) is 53.2 Å². The fourth-order valence-electron chi connectivity index (χ4n) is 9.49. The Morgan fingerprint density at radius 3 is 1.19 bits per heavy atom. The van der Waals surface area contributed by atoms with Crippen molar-refractivity contribution in [3.05, 3.63) is 59.7 Å². The molecule has 3 aliphatic heterocycles. The molecule has 11 atom stereocenters. The van der Waals surface area contributed by atoms with Crippen LogP contribution >= 0.6 is 0 Å². The number of aromatic hydroxyl groups is 2. The average molecular weight is 1020 g/mol. The molecule has 0 bridgehead atoms. The molecule has 9 N–H and O–H groups in total. The van der Waals surface area contributed by atoms with Gasteiger partial charge in [0.25, 0.3) is 0 Å². The first-order valence-electron chi connectivity index (χ1n) is 25.8. The molecular weight excluding hydrogens is 939 g/mol. The molecule has 9 amide bonds. The van der Waals surface area contributed by atoms with Gasteiger partial charge in [0, 0.05) is 25.9 Å². The number of hydrogen-bond acceptors (Lipinski definition) is 11. The zero-order valence-electron chi connectivity index (χ0n) is 43.7. The van der Waals surface area contributed by atoms with Gasteiger partial charge in [-0.2, -0.15) is 0 Å². The molecule has 0 saturated carbocycles. The summed E-state index contributed by atoms with van der Waals surface area (Å²) in [5.74, 6) is -7.85. The fraction of sp³-hybridized carbons (Fsp3) is 0.604. The first-order chi connectivity index (χ1) is 34.5. The first-order valence-corrected chi connectivity index (χ1v) is 25.8. The number of phenolic OH excluding ortho intramolecular Hbond substituents is 2. The van der Waals surface area contributed by atoms with Gasteiger partial charge in [-0.1, -0.05) is 92.5 Å². The van der Waals surface area contributed by atoms with Gasteiger partial charge < -0.3 is 57.2 Å². The van der Waals surface area contributed by atoms with Crippen molar-refractivity contribution in [2.75, 3.05) is 13.1 Å². The van der Waals surface area contributed by atoms with Crippen molar-refractivity contribution in [3.63, 3.8) is 0 Å². The lowest BCUT2D eigenvalue weighted by Gasteiger charge is -2.33. The first kappa shape index (κ1) is 57.2. The predicted molar refractivity (Wildman–Crippen MR) is 271 cm³/mol. The van der Waals surface area contributed by atoms with E-state index < -0.39 is 131 Å². The average Bonchev–Trinajstić information content (AvgIpc) is 4.07. The third kappa shape index (κ3) is 14.7. The van der Waals surface area contributed by atoms with E-state index in [0.717, 1.165) is 0 Å². The zero-order valence-corrected chi connectivity index (χ0v) is 43.7. The Hall–Kier alpha value is -6.73. The summed E-state index contributed by atoms with van der Waals surface area (Å²) in [6, 6.07) is 1.42. The van der Waals surface area contributed by atoms with Crippen LogP contribution in [-0.4, -0.2) is 141 Å². The van der Waals surface area contributed by atoms with Crippen molar-refractivity contribution >= 4 is 53.2 Å². The molecule has 20 heteroatoms. The normalized spacial score (nSPS) is 27.7. The van der Waals surface area contributed by atoms with Gasteiger partial charge in [0.1, 0.15) is 65.9 Å². The van der Waals surface area contributed by atoms with E-state index in [-0.39, 0.29) is 50.3 Å². The number of amides is 9. The summed E-state index contributed by atoms with van der Waals surface area (Å²) in [7, 11) is 0. The Kier molecular flexibility index (Phi) is 20.2. The van der Waals surface area contributed by atoms with E-state index >= 15 is 0 Å². The minimum atomic E-state index is -1.37. The van der Waals surface area contributed by atoms with Crippen LogP contribution in [0.5, 0.6) is 11.5 Å². The summed E-state index contributed by atoms with van der Waals surface area (Å²) < 4.78 is 0. The summed E-state index contributed by atoms with van der Waals surface area (Å²) in [4.78, 5) is 132. The van der Waals surface area contributed by atoms with Crippen LogP contribution in [0, 0.1) is 23.7 Å². The summed E-state index contributed by atoms with van der Waals surface area (Å²) in [5.41, 5.74) is 1.07. The molecule has 0 aromatic heterocycles. The number of carbonyl (C=O) groups excluding carboxylic acids is 9. The zero-order chi connectivity index (χ0) is 53.8. The number of nitrogens with one attached hydrogen (secondary N) is 7. The maximum atomic E-state index is 14.7. The smallest absolute Gasteiger partial charge is 0.246 e. The van der Waals surface area contributed by atoms with E-state index in [1.807, 2.05) is 13.8 Å². The van der Waals surface area contributed by atoms with Gasteiger partial charge >= 0.3 is 0 Å². The van der Waals surface area contributed by atoms with E-state index in [0.29, 0.717) is 36.8 Å². The summed E-state index contributed by atoms with van der Waals surface area (Å²) >= 11 is 0. The van der Waals surface area contributed by atoms with Crippen LogP contribution in [0.4, 0.5) is 0 Å². The molecule has 0 spiro atoms. The molecule has 5 rings (SSSR count). The third-order valence-electron chi connectivity index (χ3n) is 14.5. The van der Waals surface area contributed by atoms with Crippen LogP contribution in [0.3, 0.4) is 0 Å². The van der Waals surface area contributed by atoms with Crippen LogP contribution < -0.4 is 37.2 Å². The second-order valence-corrected chi connectivity index (χ2v) is 20.7. The number of carbonyl (C=O) groups is 9. The Morgan fingerprint density at radius 2 is 0.808 bits per heavy atom. The predicted octanol–water partition coefficient (Wildman–Crippen LogP) is 1.70. The number of benzene rings is 2. The largest absolute Gasteiger partial charge is 0.508 e. The molecule has 3 aliphatic rings. The highest BCUT2D eigenvalue weighted by atomic mass is 16.3. The molecule has 3 fully saturated rings. The van der Waals surface area contributed by atoms with Gasteiger partial charge in [-0.25, -0.2) is 0 Å². The standard InChI is InChI=1S/C53H77N9O11/c1-10-30(7)43-52(72)61-24-12-14-39(61)48(68)54-32(9)45(65)57-41(28(3)4)50(70)59-44(31(8)11-2)53(73)62-25-13-15-40(62)49(69)56-37(26-33-16-20-35(63)21-17-33)46(66)55-38(27-34-18-22-36(64)23-19-34)47(67)58-42(29(5)6)51(71)60-43/h16-23,28-32,37-44,63-64H,10-15,24-27H2,1-9H3,(H,54,68)(H,55,66)(H,56,69)(H,57,65)(H,58,67)(H,59,70)(H,60,71)/t30-,31+,32-,37-,38-,39-,40-,41-,42-,43-,44-/m0/s1. The lowest BCUT2D eigenvalue weighted by molar-refractivity contribution is -0.144. The molecule has 0 radical (unpaired) electrons. The Labute approximate surface area is 428 Å². The van der Waals surface area contributed by atoms with Crippen molar-refractivity contribution in [2.45, 2.75) is 168 Å². The van der Waals surface area contributed by atoms with Gasteiger partial charge in [0.15, 0.2) is 0 Å². The lowest BCUT2D eigenvalue weighted by atomic mass is 9.95. The third-order valence-corrected chi connectivity index (χ3v) is 14.5. The highest BCUT2D eigenvalue weighted by Crippen LogP contribution is 2.25. The van der Waals surface area contributed by atoms with E-state index in [4.69, 9.17) is 0 Å². The van der Waals surface area contributed by atoms with Crippen molar-refractivity contribution in [3.8, 4) is 11.5 Å². The summed E-state index contributed by atoms with van der Waals surface area (Å²) in [6.07, 6.45) is 2.08. The van der Waals surface area contributed by atoms with Crippen molar-refractivity contribution in [1.29, 1.82) is 0 Å². The molecule has 3 heterocycles. The van der Waals surface area contributed by atoms with E-state index in [2.05, 4.69) is 37.2 Å². The maximum Gasteiger partial charge on any atom is 0.246 e. The molecule has 2 aromatic carbocycles.